The predicted octanol–water partition coefficient (Wildman–Crippen LogP) is 2.63. The second-order valence-corrected chi connectivity index (χ2v) is 6.66. The minimum atomic E-state index is -0.921. The Balaban J connectivity index is 1.29. The van der Waals surface area contributed by atoms with Crippen LogP contribution in [-0.4, -0.2) is 23.5 Å². The number of carboxylic acids is 1. The molecule has 0 saturated heterocycles. The van der Waals surface area contributed by atoms with Crippen LogP contribution >= 0.6 is 0 Å². The van der Waals surface area contributed by atoms with Crippen molar-refractivity contribution in [2.24, 2.45) is 11.8 Å². The molecule has 3 unspecified atom stereocenters. The Morgan fingerprint density at radius 2 is 1.83 bits per heavy atom. The lowest BCUT2D eigenvalue weighted by Crippen LogP contribution is -2.28. The van der Waals surface area contributed by atoms with E-state index >= 15 is 0 Å². The van der Waals surface area contributed by atoms with Crippen LogP contribution in [0.25, 0.3) is 0 Å². The number of fused-ring (bicyclic) bond motifs is 3. The lowest BCUT2D eigenvalue weighted by Gasteiger charge is -2.09. The minimum absolute atomic E-state index is 0.134. The van der Waals surface area contributed by atoms with Gasteiger partial charge in [-0.05, 0) is 53.5 Å². The summed E-state index contributed by atoms with van der Waals surface area (Å²) in [6.07, 6.45) is 1.74. The highest BCUT2D eigenvalue weighted by atomic mass is 16.4. The van der Waals surface area contributed by atoms with Crippen molar-refractivity contribution in [3.8, 4) is 0 Å². The molecule has 0 spiro atoms. The summed E-state index contributed by atoms with van der Waals surface area (Å²) in [7, 11) is 0. The van der Waals surface area contributed by atoms with Gasteiger partial charge in [-0.1, -0.05) is 36.4 Å². The molecule has 0 bridgehead atoms. The third-order valence-electron chi connectivity index (χ3n) is 5.25. The van der Waals surface area contributed by atoms with Crippen LogP contribution in [0.5, 0.6) is 0 Å². The number of amides is 1. The molecule has 3 atom stereocenters. The molecule has 0 radical (unpaired) electrons. The van der Waals surface area contributed by atoms with E-state index in [1.54, 1.807) is 24.3 Å². The SMILES string of the molecule is O=C(O)c1ccc(CCNC(=O)C2C3Cc4ccccc4C32)cc1. The molecule has 4 heteroatoms. The van der Waals surface area contributed by atoms with Crippen LogP contribution in [0, 0.1) is 11.8 Å². The number of carboxylic acid groups (broad SMARTS) is 1. The molecule has 4 rings (SSSR count). The zero-order chi connectivity index (χ0) is 16.7. The second kappa shape index (κ2) is 5.78. The summed E-state index contributed by atoms with van der Waals surface area (Å²) in [6.45, 7) is 0.586. The summed E-state index contributed by atoms with van der Waals surface area (Å²) >= 11 is 0. The summed E-state index contributed by atoms with van der Waals surface area (Å²) in [5, 5.41) is 11.9. The van der Waals surface area contributed by atoms with Crippen LogP contribution in [0.4, 0.5) is 0 Å². The molecule has 0 aromatic heterocycles. The van der Waals surface area contributed by atoms with Gasteiger partial charge in [0.05, 0.1) is 5.56 Å². The molecule has 122 valence electrons. The third-order valence-corrected chi connectivity index (χ3v) is 5.25. The van der Waals surface area contributed by atoms with Crippen molar-refractivity contribution < 1.29 is 14.7 Å². The summed E-state index contributed by atoms with van der Waals surface area (Å²) in [6, 6.07) is 15.2. The standard InChI is InChI=1S/C20H19NO3/c22-19(18-16-11-14-3-1-2-4-15(14)17(16)18)21-10-9-12-5-7-13(8-6-12)20(23)24/h1-8,16-18H,9-11H2,(H,21,22)(H,23,24). The Bertz CT molecular complexity index is 797. The number of carbonyl (C=O) groups excluding carboxylic acids is 1. The summed E-state index contributed by atoms with van der Waals surface area (Å²) in [5.41, 5.74) is 4.07. The fourth-order valence-electron chi connectivity index (χ4n) is 3.97. The number of carbonyl (C=O) groups is 2. The van der Waals surface area contributed by atoms with Gasteiger partial charge in [0, 0.05) is 12.5 Å². The molecule has 1 saturated carbocycles. The molecule has 0 aliphatic heterocycles. The van der Waals surface area contributed by atoms with Crippen molar-refractivity contribution in [3.05, 3.63) is 70.8 Å². The molecule has 2 N–H and O–H groups in total. The van der Waals surface area contributed by atoms with Gasteiger partial charge < -0.3 is 10.4 Å². The van der Waals surface area contributed by atoms with Crippen molar-refractivity contribution in [2.75, 3.05) is 6.54 Å². The van der Waals surface area contributed by atoms with Crippen molar-refractivity contribution in [1.29, 1.82) is 0 Å². The van der Waals surface area contributed by atoms with E-state index in [0.717, 1.165) is 12.0 Å². The second-order valence-electron chi connectivity index (χ2n) is 6.66. The van der Waals surface area contributed by atoms with Crippen LogP contribution in [0.3, 0.4) is 0 Å². The van der Waals surface area contributed by atoms with Gasteiger partial charge in [0.1, 0.15) is 0 Å². The highest BCUT2D eigenvalue weighted by Gasteiger charge is 2.58. The maximum absolute atomic E-state index is 12.4. The fraction of sp³-hybridized carbons (Fsp3) is 0.300. The molecule has 2 aliphatic carbocycles. The first-order chi connectivity index (χ1) is 11.6. The molecular weight excluding hydrogens is 302 g/mol. The van der Waals surface area contributed by atoms with E-state index in [0.29, 0.717) is 24.8 Å². The van der Waals surface area contributed by atoms with Gasteiger partial charge in [0.15, 0.2) is 0 Å². The normalized spacial score (nSPS) is 23.2. The molecule has 4 nitrogen and oxygen atoms in total. The first kappa shape index (κ1) is 14.9. The molecule has 1 amide bonds. The molecule has 1 fully saturated rings. The fourth-order valence-corrected chi connectivity index (χ4v) is 3.97. The van der Waals surface area contributed by atoms with E-state index < -0.39 is 5.97 Å². The Morgan fingerprint density at radius 1 is 1.08 bits per heavy atom. The summed E-state index contributed by atoms with van der Waals surface area (Å²) < 4.78 is 0. The Labute approximate surface area is 140 Å². The smallest absolute Gasteiger partial charge is 0.335 e. The molecule has 0 heterocycles. The third kappa shape index (κ3) is 2.58. The highest BCUT2D eigenvalue weighted by molar-refractivity contribution is 5.87. The Kier molecular flexibility index (Phi) is 3.60. The molecule has 2 aromatic carbocycles. The Hall–Kier alpha value is -2.62. The molecule has 2 aromatic rings. The van der Waals surface area contributed by atoms with E-state index in [1.807, 2.05) is 0 Å². The number of hydrogen-bond acceptors (Lipinski definition) is 2. The largest absolute Gasteiger partial charge is 0.478 e. The van der Waals surface area contributed by atoms with E-state index in [1.165, 1.54) is 11.1 Å². The number of rotatable bonds is 5. The predicted molar refractivity (Wildman–Crippen MR) is 90.0 cm³/mol. The Morgan fingerprint density at radius 3 is 2.58 bits per heavy atom. The zero-order valence-corrected chi connectivity index (χ0v) is 13.2. The quantitative estimate of drug-likeness (QED) is 0.889. The number of hydrogen-bond donors (Lipinski definition) is 2. The average molecular weight is 321 g/mol. The highest BCUT2D eigenvalue weighted by Crippen LogP contribution is 2.61. The maximum atomic E-state index is 12.4. The maximum Gasteiger partial charge on any atom is 0.335 e. The first-order valence-electron chi connectivity index (χ1n) is 8.33. The van der Waals surface area contributed by atoms with E-state index in [4.69, 9.17) is 5.11 Å². The van der Waals surface area contributed by atoms with Crippen molar-refractivity contribution in [1.82, 2.24) is 5.32 Å². The number of nitrogens with one attached hydrogen (secondary N) is 1. The molecule has 2 aliphatic rings. The van der Waals surface area contributed by atoms with Crippen LogP contribution < -0.4 is 5.32 Å². The molecular formula is C20H19NO3. The van der Waals surface area contributed by atoms with Gasteiger partial charge in [0.2, 0.25) is 5.91 Å². The van der Waals surface area contributed by atoms with Crippen LogP contribution in [-0.2, 0) is 17.6 Å². The van der Waals surface area contributed by atoms with E-state index in [2.05, 4.69) is 29.6 Å². The van der Waals surface area contributed by atoms with E-state index in [9.17, 15) is 9.59 Å². The van der Waals surface area contributed by atoms with Gasteiger partial charge in [-0.25, -0.2) is 4.79 Å². The van der Waals surface area contributed by atoms with Gasteiger partial charge in [-0.15, -0.1) is 0 Å². The van der Waals surface area contributed by atoms with Crippen molar-refractivity contribution in [2.45, 2.75) is 18.8 Å². The summed E-state index contributed by atoms with van der Waals surface area (Å²) in [5.74, 6) is 0.264. The zero-order valence-electron chi connectivity index (χ0n) is 13.2. The van der Waals surface area contributed by atoms with E-state index in [-0.39, 0.29) is 17.4 Å². The number of aromatic carboxylic acids is 1. The first-order valence-corrected chi connectivity index (χ1v) is 8.33. The van der Waals surface area contributed by atoms with Crippen LogP contribution in [0.15, 0.2) is 48.5 Å². The van der Waals surface area contributed by atoms with Crippen molar-refractivity contribution in [3.63, 3.8) is 0 Å². The number of benzene rings is 2. The molecule has 24 heavy (non-hydrogen) atoms. The van der Waals surface area contributed by atoms with Gasteiger partial charge in [-0.3, -0.25) is 4.79 Å². The van der Waals surface area contributed by atoms with Crippen LogP contribution in [0.1, 0.15) is 33.0 Å². The van der Waals surface area contributed by atoms with Crippen LogP contribution in [0.2, 0.25) is 0 Å². The average Bonchev–Trinajstić information content (AvgIpc) is 3.17. The topological polar surface area (TPSA) is 66.4 Å². The lowest BCUT2D eigenvalue weighted by atomic mass is 10.0. The minimum Gasteiger partial charge on any atom is -0.478 e. The lowest BCUT2D eigenvalue weighted by molar-refractivity contribution is -0.122. The monoisotopic (exact) mass is 321 g/mol. The summed E-state index contributed by atoms with van der Waals surface area (Å²) in [4.78, 5) is 23.2. The van der Waals surface area contributed by atoms with Gasteiger partial charge >= 0.3 is 5.97 Å². The van der Waals surface area contributed by atoms with Gasteiger partial charge in [-0.2, -0.15) is 0 Å². The van der Waals surface area contributed by atoms with Crippen molar-refractivity contribution >= 4 is 11.9 Å². The van der Waals surface area contributed by atoms with Gasteiger partial charge in [0.25, 0.3) is 0 Å².